The molecule has 0 spiro atoms. The molecule has 1 saturated heterocycles. The molecule has 1 fully saturated rings. The summed E-state index contributed by atoms with van der Waals surface area (Å²) in [4.78, 5) is 15.6. The van der Waals surface area contributed by atoms with Gasteiger partial charge in [-0.15, -0.1) is 0 Å². The van der Waals surface area contributed by atoms with Gasteiger partial charge in [0.2, 0.25) is 0 Å². The summed E-state index contributed by atoms with van der Waals surface area (Å²) in [5.41, 5.74) is 2.41. The fraction of sp³-hybridized carbons (Fsp3) is 0.214. The van der Waals surface area contributed by atoms with E-state index in [0.29, 0.717) is 6.42 Å². The predicted molar refractivity (Wildman–Crippen MR) is 127 cm³/mol. The van der Waals surface area contributed by atoms with Crippen LogP contribution in [0.5, 0.6) is 6.01 Å². The quantitative estimate of drug-likeness (QED) is 0.468. The van der Waals surface area contributed by atoms with E-state index in [-0.39, 0.29) is 11.6 Å². The molecule has 1 aromatic heterocycles. The topological polar surface area (TPSA) is 73.6 Å². The van der Waals surface area contributed by atoms with Crippen molar-refractivity contribution in [3.05, 3.63) is 130 Å². The molecule has 6 rings (SSSR count). The predicted octanol–water partition coefficient (Wildman–Crippen LogP) is 3.69. The number of aliphatic hydroxyl groups is 1. The van der Waals surface area contributed by atoms with Crippen molar-refractivity contribution in [1.29, 1.82) is 0 Å². The first-order valence-electron chi connectivity index (χ1n) is 11.4. The Kier molecular flexibility index (Phi) is 5.05. The molecule has 3 aromatic carbocycles. The van der Waals surface area contributed by atoms with Gasteiger partial charge in [-0.05, 0) is 23.1 Å². The van der Waals surface area contributed by atoms with Crippen molar-refractivity contribution < 1.29 is 14.6 Å². The van der Waals surface area contributed by atoms with Gasteiger partial charge in [0.15, 0.2) is 12.3 Å². The molecule has 6 heteroatoms. The maximum absolute atomic E-state index is 11.6. The molecular weight excluding hydrogens is 428 g/mol. The van der Waals surface area contributed by atoms with Crippen LogP contribution in [0.2, 0.25) is 0 Å². The maximum Gasteiger partial charge on any atom is 0.302 e. The van der Waals surface area contributed by atoms with Gasteiger partial charge in [-0.3, -0.25) is 9.36 Å². The molecule has 4 unspecified atom stereocenters. The Bertz CT molecular complexity index is 1240. The monoisotopic (exact) mass is 452 g/mol. The number of fused-ring (bicyclic) bond motifs is 3. The lowest BCUT2D eigenvalue weighted by Gasteiger charge is -2.38. The molecule has 4 aromatic rings. The highest BCUT2D eigenvalue weighted by atomic mass is 16.6. The molecule has 0 amide bonds. The van der Waals surface area contributed by atoms with Crippen LogP contribution in [0, 0.1) is 0 Å². The second-order valence-corrected chi connectivity index (χ2v) is 8.80. The van der Waals surface area contributed by atoms with Crippen LogP contribution in [-0.2, 0) is 10.2 Å². The molecule has 0 radical (unpaired) electrons. The maximum atomic E-state index is 11.6. The number of aliphatic hydroxyl groups excluding tert-OH is 1. The molecule has 3 heterocycles. The first kappa shape index (κ1) is 20.8. The van der Waals surface area contributed by atoms with Crippen molar-refractivity contribution in [3.63, 3.8) is 0 Å². The van der Waals surface area contributed by atoms with Gasteiger partial charge < -0.3 is 14.6 Å². The van der Waals surface area contributed by atoms with Gasteiger partial charge in [0.1, 0.15) is 6.10 Å². The lowest BCUT2D eigenvalue weighted by molar-refractivity contribution is -0.0271. The SMILES string of the molecule is O=c1ccn2c(n1)OC1C(O)C(CC(c3ccccc3)(c3ccccc3)c3ccccc3)OC12. The lowest BCUT2D eigenvalue weighted by Crippen LogP contribution is -2.40. The number of benzene rings is 3. The van der Waals surface area contributed by atoms with Crippen LogP contribution >= 0.6 is 0 Å². The molecule has 0 saturated carbocycles. The van der Waals surface area contributed by atoms with Gasteiger partial charge in [-0.25, -0.2) is 0 Å². The zero-order valence-corrected chi connectivity index (χ0v) is 18.4. The number of rotatable bonds is 5. The minimum atomic E-state index is -0.891. The Balaban J connectivity index is 1.46. The highest BCUT2D eigenvalue weighted by molar-refractivity contribution is 5.50. The molecule has 4 atom stereocenters. The van der Waals surface area contributed by atoms with Gasteiger partial charge in [-0.1, -0.05) is 91.0 Å². The molecule has 6 nitrogen and oxygen atoms in total. The fourth-order valence-corrected chi connectivity index (χ4v) is 5.36. The largest absolute Gasteiger partial charge is 0.453 e. The Morgan fingerprint density at radius 3 is 1.88 bits per heavy atom. The van der Waals surface area contributed by atoms with Crippen molar-refractivity contribution >= 4 is 0 Å². The smallest absolute Gasteiger partial charge is 0.302 e. The van der Waals surface area contributed by atoms with Crippen molar-refractivity contribution in [1.82, 2.24) is 9.55 Å². The number of nitrogens with zero attached hydrogens (tertiary/aromatic N) is 2. The van der Waals surface area contributed by atoms with E-state index in [1.807, 2.05) is 54.6 Å². The van der Waals surface area contributed by atoms with E-state index in [2.05, 4.69) is 41.4 Å². The van der Waals surface area contributed by atoms with Gasteiger partial charge in [0.05, 0.1) is 6.10 Å². The van der Waals surface area contributed by atoms with Crippen LogP contribution in [0.15, 0.2) is 108 Å². The highest BCUT2D eigenvalue weighted by Gasteiger charge is 2.53. The number of hydrogen-bond acceptors (Lipinski definition) is 5. The van der Waals surface area contributed by atoms with E-state index < -0.39 is 30.0 Å². The minimum absolute atomic E-state index is 0.181. The highest BCUT2D eigenvalue weighted by Crippen LogP contribution is 2.48. The van der Waals surface area contributed by atoms with Crippen LogP contribution in [0.3, 0.4) is 0 Å². The third-order valence-corrected chi connectivity index (χ3v) is 6.94. The first-order valence-corrected chi connectivity index (χ1v) is 11.4. The summed E-state index contributed by atoms with van der Waals surface area (Å²) in [6.07, 6.45) is -0.447. The number of aromatic nitrogens is 2. The van der Waals surface area contributed by atoms with Crippen LogP contribution in [-0.4, -0.2) is 33.0 Å². The van der Waals surface area contributed by atoms with Crippen LogP contribution in [0.25, 0.3) is 0 Å². The first-order chi connectivity index (χ1) is 16.7. The van der Waals surface area contributed by atoms with Gasteiger partial charge in [0.25, 0.3) is 5.56 Å². The fourth-order valence-electron chi connectivity index (χ4n) is 5.36. The minimum Gasteiger partial charge on any atom is -0.453 e. The average molecular weight is 453 g/mol. The summed E-state index contributed by atoms with van der Waals surface area (Å²) < 4.78 is 14.0. The Morgan fingerprint density at radius 2 is 1.35 bits per heavy atom. The van der Waals surface area contributed by atoms with Crippen molar-refractivity contribution in [2.24, 2.45) is 0 Å². The molecule has 0 bridgehead atoms. The third-order valence-electron chi connectivity index (χ3n) is 6.94. The van der Waals surface area contributed by atoms with Crippen molar-refractivity contribution in [2.75, 3.05) is 0 Å². The van der Waals surface area contributed by atoms with E-state index in [9.17, 15) is 9.90 Å². The molecular formula is C28H24N2O4. The Morgan fingerprint density at radius 1 is 0.824 bits per heavy atom. The zero-order chi connectivity index (χ0) is 23.1. The molecule has 0 aliphatic carbocycles. The van der Waals surface area contributed by atoms with E-state index >= 15 is 0 Å². The van der Waals surface area contributed by atoms with E-state index in [1.165, 1.54) is 6.07 Å². The normalized spacial score (nSPS) is 23.2. The number of ether oxygens (including phenoxy) is 2. The third kappa shape index (κ3) is 3.26. The standard InChI is InChI=1S/C28H24N2O4/c31-23-16-17-30-26-25(34-27(30)29-23)24(32)22(33-26)18-28(19-10-4-1-5-11-19,20-12-6-2-7-13-20)21-14-8-3-9-15-21/h1-17,22,24-26,32H,18H2. The molecule has 34 heavy (non-hydrogen) atoms. The zero-order valence-electron chi connectivity index (χ0n) is 18.4. The van der Waals surface area contributed by atoms with Crippen molar-refractivity contribution in [2.45, 2.75) is 36.4 Å². The summed E-state index contributed by atoms with van der Waals surface area (Å²) in [5, 5.41) is 11.3. The van der Waals surface area contributed by atoms with E-state index in [0.717, 1.165) is 16.7 Å². The summed E-state index contributed by atoms with van der Waals surface area (Å²) >= 11 is 0. The van der Waals surface area contributed by atoms with Crippen LogP contribution in [0.4, 0.5) is 0 Å². The second kappa shape index (κ2) is 8.24. The van der Waals surface area contributed by atoms with Gasteiger partial charge >= 0.3 is 6.01 Å². The molecule has 2 aliphatic heterocycles. The second-order valence-electron chi connectivity index (χ2n) is 8.80. The van der Waals surface area contributed by atoms with E-state index in [4.69, 9.17) is 9.47 Å². The van der Waals surface area contributed by atoms with Crippen LogP contribution in [0.1, 0.15) is 29.3 Å². The Hall–Kier alpha value is -3.74. The summed E-state index contributed by atoms with van der Waals surface area (Å²) in [6.45, 7) is 0. The van der Waals surface area contributed by atoms with Gasteiger partial charge in [-0.2, -0.15) is 4.98 Å². The molecule has 2 aliphatic rings. The van der Waals surface area contributed by atoms with Gasteiger partial charge in [0, 0.05) is 17.7 Å². The molecule has 170 valence electrons. The lowest BCUT2D eigenvalue weighted by atomic mass is 9.66. The summed E-state index contributed by atoms with van der Waals surface area (Å²) in [6, 6.07) is 32.6. The summed E-state index contributed by atoms with van der Waals surface area (Å²) in [7, 11) is 0. The summed E-state index contributed by atoms with van der Waals surface area (Å²) in [5.74, 6) is 0. The van der Waals surface area contributed by atoms with Crippen molar-refractivity contribution in [3.8, 4) is 6.01 Å². The number of hydrogen-bond donors (Lipinski definition) is 1. The average Bonchev–Trinajstić information content (AvgIpc) is 3.39. The molecule has 1 N–H and O–H groups in total. The van der Waals surface area contributed by atoms with Crippen LogP contribution < -0.4 is 10.3 Å². The van der Waals surface area contributed by atoms with E-state index in [1.54, 1.807) is 10.8 Å². The Labute approximate surface area is 197 Å².